The van der Waals surface area contributed by atoms with Gasteiger partial charge < -0.3 is 15.2 Å². The Morgan fingerprint density at radius 2 is 1.76 bits per heavy atom. The van der Waals surface area contributed by atoms with Gasteiger partial charge in [-0.25, -0.2) is 4.98 Å². The Bertz CT molecular complexity index is 538. The van der Waals surface area contributed by atoms with E-state index in [1.807, 2.05) is 49.5 Å². The molecule has 1 aromatic heterocycles. The van der Waals surface area contributed by atoms with Gasteiger partial charge in [0.2, 0.25) is 5.88 Å². The quantitative estimate of drug-likeness (QED) is 0.845. The molecule has 4 nitrogen and oxygen atoms in total. The van der Waals surface area contributed by atoms with Crippen molar-refractivity contribution in [2.24, 2.45) is 5.73 Å². The Labute approximate surface area is 125 Å². The fourth-order valence-corrected chi connectivity index (χ4v) is 1.93. The van der Waals surface area contributed by atoms with Crippen LogP contribution in [0.4, 0.5) is 0 Å². The van der Waals surface area contributed by atoms with Crippen molar-refractivity contribution in [3.63, 3.8) is 0 Å². The first-order valence-corrected chi connectivity index (χ1v) is 7.32. The summed E-state index contributed by atoms with van der Waals surface area (Å²) in [5, 5.41) is 0. The van der Waals surface area contributed by atoms with E-state index >= 15 is 0 Å². The molecule has 0 aliphatic rings. The van der Waals surface area contributed by atoms with Gasteiger partial charge in [-0.05, 0) is 49.6 Å². The van der Waals surface area contributed by atoms with E-state index in [1.54, 1.807) is 0 Å². The van der Waals surface area contributed by atoms with Gasteiger partial charge in [0.05, 0.1) is 6.61 Å². The van der Waals surface area contributed by atoms with Crippen LogP contribution in [0, 0.1) is 0 Å². The Kier molecular flexibility index (Phi) is 5.58. The molecule has 0 saturated carbocycles. The largest absolute Gasteiger partial charge is 0.494 e. The number of ether oxygens (including phenoxy) is 2. The van der Waals surface area contributed by atoms with Gasteiger partial charge in [0.1, 0.15) is 11.5 Å². The minimum atomic E-state index is 0.185. The van der Waals surface area contributed by atoms with Crippen LogP contribution in [0.25, 0.3) is 0 Å². The number of aromatic nitrogens is 1. The van der Waals surface area contributed by atoms with E-state index in [2.05, 4.69) is 11.9 Å². The predicted molar refractivity (Wildman–Crippen MR) is 83.9 cm³/mol. The number of benzene rings is 1. The lowest BCUT2D eigenvalue weighted by Crippen LogP contribution is -2.21. The molecule has 1 atom stereocenters. The highest BCUT2D eigenvalue weighted by Gasteiger charge is 2.03. The number of rotatable bonds is 7. The van der Waals surface area contributed by atoms with Gasteiger partial charge in [-0.1, -0.05) is 13.0 Å². The topological polar surface area (TPSA) is 57.4 Å². The molecule has 0 radical (unpaired) electrons. The highest BCUT2D eigenvalue weighted by atomic mass is 16.5. The molecule has 2 aromatic rings. The molecule has 21 heavy (non-hydrogen) atoms. The molecule has 0 fully saturated rings. The molecule has 0 bridgehead atoms. The van der Waals surface area contributed by atoms with E-state index in [-0.39, 0.29) is 6.04 Å². The molecule has 0 aliphatic carbocycles. The van der Waals surface area contributed by atoms with Gasteiger partial charge >= 0.3 is 0 Å². The number of hydrogen-bond donors (Lipinski definition) is 1. The Morgan fingerprint density at radius 3 is 2.33 bits per heavy atom. The molecule has 2 N–H and O–H groups in total. The molecule has 0 aliphatic heterocycles. The first-order valence-electron chi connectivity index (χ1n) is 7.32. The lowest BCUT2D eigenvalue weighted by molar-refractivity contribution is 0.339. The predicted octanol–water partition coefficient (Wildman–Crippen LogP) is 3.55. The Morgan fingerprint density at radius 1 is 1.05 bits per heavy atom. The van der Waals surface area contributed by atoms with Crippen molar-refractivity contribution in [1.29, 1.82) is 0 Å². The van der Waals surface area contributed by atoms with Crippen LogP contribution >= 0.6 is 0 Å². The van der Waals surface area contributed by atoms with Crippen LogP contribution in [0.5, 0.6) is 17.4 Å². The zero-order valence-electron chi connectivity index (χ0n) is 12.6. The molecule has 0 saturated heterocycles. The van der Waals surface area contributed by atoms with Crippen molar-refractivity contribution >= 4 is 0 Å². The summed E-state index contributed by atoms with van der Waals surface area (Å²) < 4.78 is 11.1. The smallest absolute Gasteiger partial charge is 0.219 e. The van der Waals surface area contributed by atoms with Gasteiger partial charge in [0, 0.05) is 18.3 Å². The maximum atomic E-state index is 5.93. The monoisotopic (exact) mass is 286 g/mol. The van der Waals surface area contributed by atoms with Crippen LogP contribution in [-0.2, 0) is 6.42 Å². The van der Waals surface area contributed by atoms with Crippen molar-refractivity contribution in [3.8, 4) is 17.4 Å². The van der Waals surface area contributed by atoms with Crippen LogP contribution in [0.3, 0.4) is 0 Å². The summed E-state index contributed by atoms with van der Waals surface area (Å²) in [7, 11) is 0. The molecule has 4 heteroatoms. The second-order valence-electron chi connectivity index (χ2n) is 4.88. The summed E-state index contributed by atoms with van der Waals surface area (Å²) in [6, 6.07) is 11.6. The fraction of sp³-hybridized carbons (Fsp3) is 0.353. The van der Waals surface area contributed by atoms with E-state index in [0.717, 1.165) is 29.9 Å². The van der Waals surface area contributed by atoms with Crippen LogP contribution in [0.1, 0.15) is 25.8 Å². The third-order valence-corrected chi connectivity index (χ3v) is 3.18. The SMILES string of the molecule is CCOc1ccc(Oc2ccc(CC(N)CC)cn2)cc1. The van der Waals surface area contributed by atoms with Gasteiger partial charge in [-0.15, -0.1) is 0 Å². The first kappa shape index (κ1) is 15.3. The molecule has 112 valence electrons. The number of hydrogen-bond acceptors (Lipinski definition) is 4. The maximum absolute atomic E-state index is 5.93. The van der Waals surface area contributed by atoms with E-state index < -0.39 is 0 Å². The minimum absolute atomic E-state index is 0.185. The van der Waals surface area contributed by atoms with Crippen molar-refractivity contribution in [2.45, 2.75) is 32.7 Å². The third-order valence-electron chi connectivity index (χ3n) is 3.18. The maximum Gasteiger partial charge on any atom is 0.219 e. The van der Waals surface area contributed by atoms with Gasteiger partial charge in [0.15, 0.2) is 0 Å². The van der Waals surface area contributed by atoms with Gasteiger partial charge in [0.25, 0.3) is 0 Å². The average Bonchev–Trinajstić information content (AvgIpc) is 2.51. The molecule has 0 amide bonds. The highest BCUT2D eigenvalue weighted by Crippen LogP contribution is 2.22. The summed E-state index contributed by atoms with van der Waals surface area (Å²) in [5.41, 5.74) is 7.06. The molecule has 2 rings (SSSR count). The van der Waals surface area contributed by atoms with Crippen LogP contribution < -0.4 is 15.2 Å². The second kappa shape index (κ2) is 7.64. The summed E-state index contributed by atoms with van der Waals surface area (Å²) in [6.45, 7) is 4.70. The first-order chi connectivity index (χ1) is 10.2. The van der Waals surface area contributed by atoms with E-state index in [1.165, 1.54) is 0 Å². The molecular weight excluding hydrogens is 264 g/mol. The Balaban J connectivity index is 1.96. The fourth-order valence-electron chi connectivity index (χ4n) is 1.93. The highest BCUT2D eigenvalue weighted by molar-refractivity contribution is 5.33. The second-order valence-corrected chi connectivity index (χ2v) is 4.88. The number of pyridine rings is 1. The normalized spacial score (nSPS) is 12.0. The summed E-state index contributed by atoms with van der Waals surface area (Å²) in [5.74, 6) is 2.15. The summed E-state index contributed by atoms with van der Waals surface area (Å²) in [6.07, 6.45) is 3.62. The molecule has 1 aromatic carbocycles. The Hall–Kier alpha value is -2.07. The zero-order valence-corrected chi connectivity index (χ0v) is 12.6. The molecule has 1 unspecified atom stereocenters. The van der Waals surface area contributed by atoms with E-state index in [9.17, 15) is 0 Å². The van der Waals surface area contributed by atoms with E-state index in [0.29, 0.717) is 12.5 Å². The zero-order chi connectivity index (χ0) is 15.1. The van der Waals surface area contributed by atoms with Crippen molar-refractivity contribution in [1.82, 2.24) is 4.98 Å². The molecule has 0 spiro atoms. The van der Waals surface area contributed by atoms with Crippen LogP contribution in [-0.4, -0.2) is 17.6 Å². The number of nitrogens with zero attached hydrogens (tertiary/aromatic N) is 1. The lowest BCUT2D eigenvalue weighted by Gasteiger charge is -2.09. The minimum Gasteiger partial charge on any atom is -0.494 e. The third kappa shape index (κ3) is 4.76. The molecule has 1 heterocycles. The summed E-state index contributed by atoms with van der Waals surface area (Å²) >= 11 is 0. The lowest BCUT2D eigenvalue weighted by atomic mass is 10.1. The summed E-state index contributed by atoms with van der Waals surface area (Å²) in [4.78, 5) is 4.31. The number of nitrogens with two attached hydrogens (primary N) is 1. The van der Waals surface area contributed by atoms with Crippen LogP contribution in [0.2, 0.25) is 0 Å². The van der Waals surface area contributed by atoms with E-state index in [4.69, 9.17) is 15.2 Å². The van der Waals surface area contributed by atoms with Crippen molar-refractivity contribution in [3.05, 3.63) is 48.2 Å². The standard InChI is InChI=1S/C17H22N2O2/c1-3-14(18)11-13-5-10-17(19-12-13)21-16-8-6-15(7-9-16)20-4-2/h5-10,12,14H,3-4,11,18H2,1-2H3. The van der Waals surface area contributed by atoms with Crippen molar-refractivity contribution in [2.75, 3.05) is 6.61 Å². The van der Waals surface area contributed by atoms with Crippen LogP contribution in [0.15, 0.2) is 42.6 Å². The van der Waals surface area contributed by atoms with Gasteiger partial charge in [-0.2, -0.15) is 0 Å². The van der Waals surface area contributed by atoms with Crippen molar-refractivity contribution < 1.29 is 9.47 Å². The molecular formula is C17H22N2O2. The average molecular weight is 286 g/mol. The van der Waals surface area contributed by atoms with Gasteiger partial charge in [-0.3, -0.25) is 0 Å².